The average Bonchev–Trinajstić information content (AvgIpc) is 3.75. The molecule has 8 aromatic carbocycles. The Balaban J connectivity index is 0.000000206. The number of aryl methyl sites for hydroxylation is 2. The molecular weight excluding hydrogens is 767 g/mol. The van der Waals surface area contributed by atoms with Gasteiger partial charge in [-0.15, -0.1) is 68.6 Å². The third-order valence-corrected chi connectivity index (χ3v) is 9.78. The molecule has 0 bridgehead atoms. The van der Waals surface area contributed by atoms with Crippen LogP contribution in [0, 0.1) is 13.8 Å². The molecule has 1 atom stereocenters. The van der Waals surface area contributed by atoms with Gasteiger partial charge in [-0.25, -0.2) is 0 Å². The summed E-state index contributed by atoms with van der Waals surface area (Å²) >= 11 is 1.74. The second-order valence-corrected chi connectivity index (χ2v) is 23.2. The molecule has 0 amide bonds. The summed E-state index contributed by atoms with van der Waals surface area (Å²) in [4.78, 5) is 0. The van der Waals surface area contributed by atoms with Crippen molar-refractivity contribution in [1.82, 2.24) is 0 Å². The minimum atomic E-state index is 0. The molecule has 8 rings (SSSR count). The Morgan fingerprint density at radius 3 is 1.63 bits per heavy atom. The van der Waals surface area contributed by atoms with Crippen LogP contribution in [0.4, 0.5) is 0 Å². The molecular formula is C48H48Cl2SiZr-2. The van der Waals surface area contributed by atoms with Crippen molar-refractivity contribution in [3.63, 3.8) is 0 Å². The van der Waals surface area contributed by atoms with Crippen LogP contribution in [0.3, 0.4) is 0 Å². The molecule has 264 valence electrons. The first kappa shape index (κ1) is 41.5. The van der Waals surface area contributed by atoms with E-state index in [-0.39, 0.29) is 30.2 Å². The Kier molecular flexibility index (Phi) is 15.3. The zero-order valence-electron chi connectivity index (χ0n) is 31.2. The van der Waals surface area contributed by atoms with Crippen molar-refractivity contribution in [2.24, 2.45) is 0 Å². The predicted octanol–water partition coefficient (Wildman–Crippen LogP) is 8.46. The Labute approximate surface area is 338 Å². The Morgan fingerprint density at radius 2 is 1.08 bits per heavy atom. The van der Waals surface area contributed by atoms with E-state index in [9.17, 15) is 0 Å². The average molecular weight is 815 g/mol. The number of rotatable bonds is 6. The van der Waals surface area contributed by atoms with Crippen molar-refractivity contribution in [1.29, 1.82) is 0 Å². The quantitative estimate of drug-likeness (QED) is 0.117. The van der Waals surface area contributed by atoms with Crippen LogP contribution in [-0.2, 0) is 23.3 Å². The van der Waals surface area contributed by atoms with Crippen LogP contribution in [0.5, 0.6) is 0 Å². The summed E-state index contributed by atoms with van der Waals surface area (Å²) in [6.45, 7) is 13.6. The first-order chi connectivity index (χ1) is 24.3. The molecule has 0 radical (unpaired) electrons. The van der Waals surface area contributed by atoms with E-state index < -0.39 is 0 Å². The molecule has 0 heterocycles. The van der Waals surface area contributed by atoms with Gasteiger partial charge in [0.15, 0.2) is 0 Å². The van der Waals surface area contributed by atoms with Crippen LogP contribution in [0.2, 0.25) is 13.1 Å². The van der Waals surface area contributed by atoms with Gasteiger partial charge in [0.1, 0.15) is 0 Å². The molecule has 0 aromatic heterocycles. The molecule has 0 spiro atoms. The molecule has 8 aromatic rings. The van der Waals surface area contributed by atoms with Crippen molar-refractivity contribution in [3.05, 3.63) is 156 Å². The molecule has 0 saturated carbocycles. The number of benzene rings is 6. The zero-order valence-corrected chi connectivity index (χ0v) is 36.2. The van der Waals surface area contributed by atoms with Gasteiger partial charge in [0, 0.05) is 0 Å². The van der Waals surface area contributed by atoms with Crippen molar-refractivity contribution >= 4 is 48.5 Å². The Morgan fingerprint density at radius 1 is 0.577 bits per heavy atom. The van der Waals surface area contributed by atoms with E-state index in [1.54, 1.807) is 23.3 Å². The van der Waals surface area contributed by atoms with Gasteiger partial charge in [0.05, 0.1) is 0 Å². The number of hydrogen-bond donors (Lipinski definition) is 0. The van der Waals surface area contributed by atoms with Crippen molar-refractivity contribution in [3.8, 4) is 22.3 Å². The molecule has 0 aliphatic rings. The fourth-order valence-electron chi connectivity index (χ4n) is 7.43. The van der Waals surface area contributed by atoms with Crippen LogP contribution in [0.15, 0.2) is 140 Å². The molecule has 4 heteroatoms. The van der Waals surface area contributed by atoms with Crippen molar-refractivity contribution in [2.45, 2.75) is 66.0 Å². The van der Waals surface area contributed by atoms with E-state index in [1.807, 2.05) is 0 Å². The largest absolute Gasteiger partial charge is 1.00 e. The maximum atomic E-state index is 2.44. The van der Waals surface area contributed by atoms with Crippen LogP contribution < -0.4 is 24.8 Å². The number of fused-ring (bicyclic) bond motifs is 4. The standard InChI is InChI=1S/C25H25.C21H17.C2H6Si.2ClH.Zr/c1-3-9-18(4-2)21-16-20-12-8-15-24(25(20)17-21)23-14-7-11-19-10-5-6-13-22(19)23;1-14-12-20-15(2)10-11-19(21(20)13-14)18-9-5-7-16-6-3-4-8-17(16)18;1-3-2;;;/h5-8,10-18H,3-4,9H2,1-2H3;3-13H,1-2H3;1-2H3;2*1H;/q2*-1;;;;+2/p-2. The third-order valence-electron chi connectivity index (χ3n) is 9.78. The first-order valence-electron chi connectivity index (χ1n) is 18.1. The summed E-state index contributed by atoms with van der Waals surface area (Å²) in [5, 5.41) is 10.8. The summed E-state index contributed by atoms with van der Waals surface area (Å²) in [5.41, 5.74) is 9.75. The molecule has 0 fully saturated rings. The predicted molar refractivity (Wildman–Crippen MR) is 220 cm³/mol. The second-order valence-electron chi connectivity index (χ2n) is 13.8. The van der Waals surface area contributed by atoms with Crippen LogP contribution in [0.25, 0.3) is 65.3 Å². The van der Waals surface area contributed by atoms with Gasteiger partial charge in [-0.05, 0) is 45.0 Å². The zero-order chi connectivity index (χ0) is 35.2. The van der Waals surface area contributed by atoms with E-state index >= 15 is 0 Å². The van der Waals surface area contributed by atoms with E-state index in [2.05, 4.69) is 180 Å². The van der Waals surface area contributed by atoms with Gasteiger partial charge in [-0.1, -0.05) is 149 Å². The SMILES string of the molecule is CCCC(CC)c1cc2c(-c3cccc4ccccc34)cccc2[cH-]1.C[Si](C)=[Zr+2].Cc1cc2c(-c3cccc4ccccc34)ccc(C)c2[cH-]1.[Cl-].[Cl-]. The van der Waals surface area contributed by atoms with E-state index in [0.717, 1.165) is 0 Å². The van der Waals surface area contributed by atoms with Gasteiger partial charge in [-0.3, -0.25) is 0 Å². The summed E-state index contributed by atoms with van der Waals surface area (Å²) in [5.74, 6) is 0.678. The monoisotopic (exact) mass is 812 g/mol. The minimum Gasteiger partial charge on any atom is -1.00 e. The second kappa shape index (κ2) is 19.2. The summed E-state index contributed by atoms with van der Waals surface area (Å²) in [6, 6.07) is 51.2. The van der Waals surface area contributed by atoms with E-state index in [4.69, 9.17) is 0 Å². The van der Waals surface area contributed by atoms with E-state index in [0.29, 0.717) is 5.92 Å². The molecule has 0 aliphatic carbocycles. The number of hydrogen-bond acceptors (Lipinski definition) is 0. The summed E-state index contributed by atoms with van der Waals surface area (Å²) in [6.07, 6.45) is 3.74. The molecule has 0 nitrogen and oxygen atoms in total. The fraction of sp³-hybridized carbons (Fsp3) is 0.208. The minimum absolute atomic E-state index is 0. The fourth-order valence-corrected chi connectivity index (χ4v) is 7.43. The number of halogens is 2. The smallest absolute Gasteiger partial charge is 0.0114 e. The Hall–Kier alpha value is -3.26. The molecule has 0 N–H and O–H groups in total. The maximum Gasteiger partial charge on any atom is -0.0114 e. The van der Waals surface area contributed by atoms with Crippen molar-refractivity contribution in [2.75, 3.05) is 0 Å². The van der Waals surface area contributed by atoms with Crippen LogP contribution in [-0.4, -0.2) is 5.43 Å². The topological polar surface area (TPSA) is 0 Å². The van der Waals surface area contributed by atoms with E-state index in [1.165, 1.54) is 101 Å². The molecule has 0 saturated heterocycles. The first-order valence-corrected chi connectivity index (χ1v) is 24.3. The van der Waals surface area contributed by atoms with Gasteiger partial charge in [0.25, 0.3) is 0 Å². The third kappa shape index (κ3) is 9.26. The van der Waals surface area contributed by atoms with Crippen LogP contribution >= 0.6 is 0 Å². The van der Waals surface area contributed by atoms with Gasteiger partial charge in [0.2, 0.25) is 0 Å². The maximum absolute atomic E-state index is 2.44. The summed E-state index contributed by atoms with van der Waals surface area (Å²) < 4.78 is 0. The molecule has 52 heavy (non-hydrogen) atoms. The summed E-state index contributed by atoms with van der Waals surface area (Å²) in [7, 11) is 0. The van der Waals surface area contributed by atoms with Crippen molar-refractivity contribution < 1.29 is 48.1 Å². The normalized spacial score (nSPS) is 11.2. The molecule has 0 aliphatic heterocycles. The molecule has 1 unspecified atom stereocenters. The van der Waals surface area contributed by atoms with Gasteiger partial charge < -0.3 is 24.8 Å². The van der Waals surface area contributed by atoms with Crippen LogP contribution in [0.1, 0.15) is 55.7 Å². The van der Waals surface area contributed by atoms with Gasteiger partial charge in [-0.2, -0.15) is 12.1 Å². The van der Waals surface area contributed by atoms with Gasteiger partial charge >= 0.3 is 41.9 Å². The Bertz CT molecular complexity index is 2400.